The predicted octanol–water partition coefficient (Wildman–Crippen LogP) is 2.04. The molecule has 1 fully saturated rings. The lowest BCUT2D eigenvalue weighted by Crippen LogP contribution is -2.15. The Hall–Kier alpha value is -0.990. The van der Waals surface area contributed by atoms with Gasteiger partial charge < -0.3 is 5.32 Å². The highest BCUT2D eigenvalue weighted by molar-refractivity contribution is 5.49. The van der Waals surface area contributed by atoms with Crippen molar-refractivity contribution in [1.29, 1.82) is 0 Å². The molecule has 3 rings (SSSR count). The summed E-state index contributed by atoms with van der Waals surface area (Å²) in [5, 5.41) is 10.9. The van der Waals surface area contributed by atoms with E-state index in [0.717, 1.165) is 18.3 Å². The van der Waals surface area contributed by atoms with Gasteiger partial charge in [0.25, 0.3) is 0 Å². The summed E-state index contributed by atoms with van der Waals surface area (Å²) in [5.41, 5.74) is 2.89. The monoisotopic (exact) mass is 177 g/mol. The molecule has 0 radical (unpaired) electrons. The summed E-state index contributed by atoms with van der Waals surface area (Å²) in [5.74, 6) is 1.91. The van der Waals surface area contributed by atoms with Gasteiger partial charge in [-0.15, -0.1) is 0 Å². The van der Waals surface area contributed by atoms with E-state index in [-0.39, 0.29) is 0 Å². The molecule has 0 saturated heterocycles. The highest BCUT2D eigenvalue weighted by atomic mass is 15.2. The van der Waals surface area contributed by atoms with E-state index in [1.165, 1.54) is 43.4 Å². The number of nitrogens with one attached hydrogen (secondary N) is 2. The summed E-state index contributed by atoms with van der Waals surface area (Å²) in [7, 11) is 0. The third-order valence-corrected chi connectivity index (χ3v) is 3.31. The molecule has 1 aliphatic carbocycles. The summed E-state index contributed by atoms with van der Waals surface area (Å²) in [6, 6.07) is 0. The summed E-state index contributed by atoms with van der Waals surface area (Å²) in [6.07, 6.45) is 6.58. The zero-order valence-corrected chi connectivity index (χ0v) is 7.77. The molecule has 0 amide bonds. The van der Waals surface area contributed by atoms with Crippen LogP contribution in [0.2, 0.25) is 0 Å². The van der Waals surface area contributed by atoms with Crippen LogP contribution >= 0.6 is 0 Å². The first-order chi connectivity index (χ1) is 6.45. The van der Waals surface area contributed by atoms with E-state index in [2.05, 4.69) is 15.5 Å². The van der Waals surface area contributed by atoms with Crippen molar-refractivity contribution >= 4 is 5.82 Å². The molecule has 0 spiro atoms. The van der Waals surface area contributed by atoms with Crippen LogP contribution in [0, 0.1) is 0 Å². The Kier molecular flexibility index (Phi) is 1.57. The van der Waals surface area contributed by atoms with Gasteiger partial charge in [0.2, 0.25) is 0 Å². The van der Waals surface area contributed by atoms with Crippen molar-refractivity contribution in [2.45, 2.75) is 38.0 Å². The zero-order valence-electron chi connectivity index (χ0n) is 7.77. The van der Waals surface area contributed by atoms with Crippen LogP contribution in [0.25, 0.3) is 0 Å². The second kappa shape index (κ2) is 2.76. The van der Waals surface area contributed by atoms with Crippen molar-refractivity contribution in [3.05, 3.63) is 11.3 Å². The Morgan fingerprint density at radius 1 is 1.23 bits per heavy atom. The molecular weight excluding hydrogens is 162 g/mol. The topological polar surface area (TPSA) is 40.7 Å². The average molecular weight is 177 g/mol. The summed E-state index contributed by atoms with van der Waals surface area (Å²) < 4.78 is 0. The number of H-pyrrole nitrogens is 1. The molecule has 1 aliphatic heterocycles. The Morgan fingerprint density at radius 2 is 2.15 bits per heavy atom. The minimum atomic E-state index is 0.788. The third kappa shape index (κ3) is 1.06. The number of hydrogen-bond donors (Lipinski definition) is 2. The number of anilines is 1. The van der Waals surface area contributed by atoms with Crippen molar-refractivity contribution in [2.24, 2.45) is 0 Å². The molecule has 0 bridgehead atoms. The molecule has 70 valence electrons. The fraction of sp³-hybridized carbons (Fsp3) is 0.700. The van der Waals surface area contributed by atoms with Crippen molar-refractivity contribution < 1.29 is 0 Å². The third-order valence-electron chi connectivity index (χ3n) is 3.31. The Morgan fingerprint density at radius 3 is 2.92 bits per heavy atom. The van der Waals surface area contributed by atoms with Gasteiger partial charge in [0, 0.05) is 23.7 Å². The largest absolute Gasteiger partial charge is 0.368 e. The van der Waals surface area contributed by atoms with Crippen LogP contribution in [0.3, 0.4) is 0 Å². The van der Waals surface area contributed by atoms with E-state index < -0.39 is 0 Å². The predicted molar refractivity (Wildman–Crippen MR) is 52.0 cm³/mol. The van der Waals surface area contributed by atoms with E-state index in [0.29, 0.717) is 0 Å². The molecule has 13 heavy (non-hydrogen) atoms. The summed E-state index contributed by atoms with van der Waals surface area (Å²) in [6.45, 7) is 1.09. The molecule has 0 aromatic carbocycles. The van der Waals surface area contributed by atoms with Crippen molar-refractivity contribution in [3.8, 4) is 0 Å². The standard InChI is InChI=1S/C10H15N3/c1-3-7(4-1)9-8-5-2-6-11-10(8)13-12-9/h7H,1-6H2,(H2,11,12,13). The smallest absolute Gasteiger partial charge is 0.151 e. The zero-order chi connectivity index (χ0) is 8.67. The molecule has 2 heterocycles. The van der Waals surface area contributed by atoms with Gasteiger partial charge in [-0.1, -0.05) is 6.42 Å². The van der Waals surface area contributed by atoms with Gasteiger partial charge in [-0.3, -0.25) is 5.10 Å². The van der Waals surface area contributed by atoms with Crippen molar-refractivity contribution in [3.63, 3.8) is 0 Å². The Bertz CT molecular complexity index is 312. The van der Waals surface area contributed by atoms with Gasteiger partial charge in [0.1, 0.15) is 0 Å². The number of aromatic amines is 1. The minimum absolute atomic E-state index is 0.788. The van der Waals surface area contributed by atoms with E-state index in [4.69, 9.17) is 0 Å². The average Bonchev–Trinajstić information content (AvgIpc) is 2.47. The van der Waals surface area contributed by atoms with Crippen LogP contribution in [-0.2, 0) is 6.42 Å². The fourth-order valence-electron chi connectivity index (χ4n) is 2.28. The second-order valence-electron chi connectivity index (χ2n) is 4.12. The first-order valence-corrected chi connectivity index (χ1v) is 5.26. The van der Waals surface area contributed by atoms with Gasteiger partial charge >= 0.3 is 0 Å². The minimum Gasteiger partial charge on any atom is -0.368 e. The summed E-state index contributed by atoms with van der Waals surface area (Å²) >= 11 is 0. The van der Waals surface area contributed by atoms with E-state index in [9.17, 15) is 0 Å². The molecule has 1 saturated carbocycles. The number of aromatic nitrogens is 2. The Balaban J connectivity index is 1.95. The lowest BCUT2D eigenvalue weighted by Gasteiger charge is -2.26. The van der Waals surface area contributed by atoms with Gasteiger partial charge in [-0.25, -0.2) is 0 Å². The number of rotatable bonds is 1. The van der Waals surface area contributed by atoms with E-state index in [1.807, 2.05) is 0 Å². The van der Waals surface area contributed by atoms with Crippen LogP contribution in [0.1, 0.15) is 42.9 Å². The van der Waals surface area contributed by atoms with E-state index in [1.54, 1.807) is 0 Å². The molecule has 0 unspecified atom stereocenters. The molecule has 2 N–H and O–H groups in total. The molecule has 2 aliphatic rings. The molecule has 1 aromatic rings. The first-order valence-electron chi connectivity index (χ1n) is 5.26. The SMILES string of the molecule is C1CNc2n[nH]c(C3CCC3)c2C1. The normalized spacial score (nSPS) is 21.8. The second-order valence-corrected chi connectivity index (χ2v) is 4.12. The molecule has 3 heteroatoms. The van der Waals surface area contributed by atoms with Crippen molar-refractivity contribution in [2.75, 3.05) is 11.9 Å². The van der Waals surface area contributed by atoms with Crippen LogP contribution < -0.4 is 5.32 Å². The van der Waals surface area contributed by atoms with Gasteiger partial charge in [0.15, 0.2) is 5.82 Å². The number of hydrogen-bond acceptors (Lipinski definition) is 2. The first kappa shape index (κ1) is 7.42. The highest BCUT2D eigenvalue weighted by Gasteiger charge is 2.26. The summed E-state index contributed by atoms with van der Waals surface area (Å²) in [4.78, 5) is 0. The van der Waals surface area contributed by atoms with Gasteiger partial charge in [-0.2, -0.15) is 5.10 Å². The lowest BCUT2D eigenvalue weighted by molar-refractivity contribution is 0.408. The highest BCUT2D eigenvalue weighted by Crippen LogP contribution is 2.39. The lowest BCUT2D eigenvalue weighted by atomic mass is 9.81. The molecular formula is C10H15N3. The maximum Gasteiger partial charge on any atom is 0.151 e. The maximum atomic E-state index is 4.32. The van der Waals surface area contributed by atoms with Crippen LogP contribution in [0.15, 0.2) is 0 Å². The molecule has 0 atom stereocenters. The Labute approximate surface area is 77.9 Å². The fourth-order valence-corrected chi connectivity index (χ4v) is 2.28. The van der Waals surface area contributed by atoms with Crippen LogP contribution in [0.4, 0.5) is 5.82 Å². The number of fused-ring (bicyclic) bond motifs is 1. The van der Waals surface area contributed by atoms with Gasteiger partial charge in [-0.05, 0) is 25.7 Å². The van der Waals surface area contributed by atoms with Crippen LogP contribution in [-0.4, -0.2) is 16.7 Å². The van der Waals surface area contributed by atoms with Crippen molar-refractivity contribution in [1.82, 2.24) is 10.2 Å². The quantitative estimate of drug-likeness (QED) is 0.689. The number of nitrogens with zero attached hydrogens (tertiary/aromatic N) is 1. The van der Waals surface area contributed by atoms with Gasteiger partial charge in [0.05, 0.1) is 0 Å². The van der Waals surface area contributed by atoms with Crippen LogP contribution in [0.5, 0.6) is 0 Å². The maximum absolute atomic E-state index is 4.32. The molecule has 3 nitrogen and oxygen atoms in total. The molecule has 1 aromatic heterocycles. The van der Waals surface area contributed by atoms with E-state index >= 15 is 0 Å².